The van der Waals surface area contributed by atoms with Gasteiger partial charge in [-0.2, -0.15) is 17.0 Å². The molecule has 0 N–H and O–H groups in total. The Kier molecular flexibility index (Phi) is 2.48. The number of hydrogen-bond donors (Lipinski definition) is 0. The Hall–Kier alpha value is -0.170. The minimum atomic E-state index is -3.23. The maximum absolute atomic E-state index is 11.3. The van der Waals surface area contributed by atoms with Gasteiger partial charge in [0.2, 0.25) is 0 Å². The normalized spacial score (nSPS) is 21.4. The molecule has 0 saturated carbocycles. The molecule has 0 bridgehead atoms. The van der Waals surface area contributed by atoms with E-state index in [1.165, 1.54) is 22.7 Å². The third kappa shape index (κ3) is 1.70. The van der Waals surface area contributed by atoms with Crippen molar-refractivity contribution in [2.75, 3.05) is 34.0 Å². The van der Waals surface area contributed by atoms with Gasteiger partial charge in [-0.15, -0.1) is 0 Å². The molecule has 11 heavy (non-hydrogen) atoms. The van der Waals surface area contributed by atoms with Crippen molar-refractivity contribution in [3.05, 3.63) is 0 Å². The zero-order valence-electron chi connectivity index (χ0n) is 6.65. The van der Waals surface area contributed by atoms with Gasteiger partial charge in [0.1, 0.15) is 6.73 Å². The first kappa shape index (κ1) is 8.92. The third-order valence-electron chi connectivity index (χ3n) is 1.51. The zero-order chi connectivity index (χ0) is 8.48. The molecule has 1 heterocycles. The molecule has 0 amide bonds. The molecule has 6 heteroatoms. The summed E-state index contributed by atoms with van der Waals surface area (Å²) >= 11 is 0. The lowest BCUT2D eigenvalue weighted by Gasteiger charge is -2.18. The fraction of sp³-hybridized carbons (Fsp3) is 1.00. The molecule has 0 aromatic carbocycles. The largest absolute Gasteiger partial charge is 0.364 e. The van der Waals surface area contributed by atoms with Crippen LogP contribution in [0.25, 0.3) is 0 Å². The summed E-state index contributed by atoms with van der Waals surface area (Å²) in [7, 11) is -0.220. The van der Waals surface area contributed by atoms with Gasteiger partial charge in [-0.3, -0.25) is 0 Å². The van der Waals surface area contributed by atoms with Crippen molar-refractivity contribution in [1.29, 1.82) is 0 Å². The lowest BCUT2D eigenvalue weighted by Crippen LogP contribution is -2.38. The van der Waals surface area contributed by atoms with Crippen molar-refractivity contribution in [1.82, 2.24) is 8.61 Å². The van der Waals surface area contributed by atoms with E-state index in [0.717, 1.165) is 0 Å². The van der Waals surface area contributed by atoms with E-state index in [1.807, 2.05) is 0 Å². The molecular weight excluding hydrogens is 168 g/mol. The van der Waals surface area contributed by atoms with Gasteiger partial charge < -0.3 is 4.74 Å². The molecule has 0 radical (unpaired) electrons. The van der Waals surface area contributed by atoms with E-state index < -0.39 is 10.2 Å². The van der Waals surface area contributed by atoms with Crippen LogP contribution in [0.3, 0.4) is 0 Å². The van der Waals surface area contributed by atoms with Crippen LogP contribution in [0.15, 0.2) is 0 Å². The van der Waals surface area contributed by atoms with E-state index >= 15 is 0 Å². The maximum atomic E-state index is 11.3. The summed E-state index contributed by atoms with van der Waals surface area (Å²) in [5, 5.41) is 0. The predicted molar refractivity (Wildman–Crippen MR) is 40.1 cm³/mol. The van der Waals surface area contributed by atoms with Gasteiger partial charge in [-0.1, -0.05) is 0 Å². The van der Waals surface area contributed by atoms with Gasteiger partial charge in [-0.05, 0) is 0 Å². The summed E-state index contributed by atoms with van der Waals surface area (Å²) in [5.41, 5.74) is 0. The van der Waals surface area contributed by atoms with Crippen molar-refractivity contribution in [3.8, 4) is 0 Å². The minimum Gasteiger partial charge on any atom is -0.364 e. The van der Waals surface area contributed by atoms with E-state index in [-0.39, 0.29) is 6.73 Å². The minimum absolute atomic E-state index is 0.181. The molecule has 66 valence electrons. The van der Waals surface area contributed by atoms with Crippen LogP contribution < -0.4 is 0 Å². The van der Waals surface area contributed by atoms with Crippen molar-refractivity contribution in [2.24, 2.45) is 0 Å². The Morgan fingerprint density at radius 2 is 2.09 bits per heavy atom. The van der Waals surface area contributed by atoms with E-state index in [4.69, 9.17) is 4.74 Å². The summed E-state index contributed by atoms with van der Waals surface area (Å²) in [6.07, 6.45) is 0. The van der Waals surface area contributed by atoms with Gasteiger partial charge in [0, 0.05) is 20.6 Å². The highest BCUT2D eigenvalue weighted by molar-refractivity contribution is 7.86. The Morgan fingerprint density at radius 3 is 2.45 bits per heavy atom. The number of ether oxygens (including phenoxy) is 1. The molecule has 1 saturated heterocycles. The SMILES string of the molecule is CN(C)S(=O)(=O)N1CCOC1. The molecule has 0 unspecified atom stereocenters. The average Bonchev–Trinajstić information content (AvgIpc) is 2.37. The lowest BCUT2D eigenvalue weighted by molar-refractivity contribution is 0.170. The van der Waals surface area contributed by atoms with Crippen LogP contribution in [0.4, 0.5) is 0 Å². The zero-order valence-corrected chi connectivity index (χ0v) is 7.47. The summed E-state index contributed by atoms with van der Waals surface area (Å²) in [6, 6.07) is 0. The van der Waals surface area contributed by atoms with Crippen LogP contribution in [-0.2, 0) is 14.9 Å². The number of nitrogens with zero attached hydrogens (tertiary/aromatic N) is 2. The van der Waals surface area contributed by atoms with Crippen LogP contribution in [-0.4, -0.2) is 51.0 Å². The number of hydrogen-bond acceptors (Lipinski definition) is 3. The van der Waals surface area contributed by atoms with Crippen molar-refractivity contribution >= 4 is 10.2 Å². The maximum Gasteiger partial charge on any atom is 0.283 e. The molecule has 1 aliphatic rings. The first-order valence-electron chi connectivity index (χ1n) is 3.30. The number of rotatable bonds is 2. The Morgan fingerprint density at radius 1 is 1.45 bits per heavy atom. The Balaban J connectivity index is 2.72. The lowest BCUT2D eigenvalue weighted by atomic mass is 10.7. The van der Waals surface area contributed by atoms with Gasteiger partial charge >= 0.3 is 0 Å². The quantitative estimate of drug-likeness (QED) is 0.552. The van der Waals surface area contributed by atoms with Crippen LogP contribution in [0.2, 0.25) is 0 Å². The summed E-state index contributed by atoms with van der Waals surface area (Å²) in [4.78, 5) is 0. The monoisotopic (exact) mass is 180 g/mol. The third-order valence-corrected chi connectivity index (χ3v) is 3.37. The van der Waals surface area contributed by atoms with Crippen LogP contribution in [0.1, 0.15) is 0 Å². The molecule has 0 spiro atoms. The van der Waals surface area contributed by atoms with Gasteiger partial charge in [-0.25, -0.2) is 0 Å². The molecule has 5 nitrogen and oxygen atoms in total. The highest BCUT2D eigenvalue weighted by Crippen LogP contribution is 2.08. The van der Waals surface area contributed by atoms with Crippen molar-refractivity contribution in [3.63, 3.8) is 0 Å². The first-order chi connectivity index (χ1) is 5.05. The standard InChI is InChI=1S/C5H12N2O3S/c1-6(2)11(8,9)7-3-4-10-5-7/h3-5H2,1-2H3. The second kappa shape index (κ2) is 3.06. The summed E-state index contributed by atoms with van der Waals surface area (Å²) < 4.78 is 30.0. The first-order valence-corrected chi connectivity index (χ1v) is 4.70. The topological polar surface area (TPSA) is 49.9 Å². The molecule has 0 atom stereocenters. The average molecular weight is 180 g/mol. The molecular formula is C5H12N2O3S. The van der Waals surface area contributed by atoms with E-state index in [1.54, 1.807) is 0 Å². The summed E-state index contributed by atoms with van der Waals surface area (Å²) in [6.45, 7) is 1.13. The second-order valence-electron chi connectivity index (χ2n) is 2.50. The molecule has 0 aliphatic carbocycles. The smallest absolute Gasteiger partial charge is 0.283 e. The van der Waals surface area contributed by atoms with Gasteiger partial charge in [0.15, 0.2) is 0 Å². The van der Waals surface area contributed by atoms with Crippen LogP contribution >= 0.6 is 0 Å². The van der Waals surface area contributed by atoms with Crippen molar-refractivity contribution < 1.29 is 13.2 Å². The molecule has 1 rings (SSSR count). The summed E-state index contributed by atoms with van der Waals surface area (Å²) in [5.74, 6) is 0. The highest BCUT2D eigenvalue weighted by atomic mass is 32.2. The fourth-order valence-electron chi connectivity index (χ4n) is 0.810. The van der Waals surface area contributed by atoms with Crippen LogP contribution in [0.5, 0.6) is 0 Å². The van der Waals surface area contributed by atoms with Gasteiger partial charge in [0.25, 0.3) is 10.2 Å². The molecule has 0 aromatic heterocycles. The Bertz CT molecular complexity index is 218. The van der Waals surface area contributed by atoms with Crippen molar-refractivity contribution in [2.45, 2.75) is 0 Å². The van der Waals surface area contributed by atoms with Crippen LogP contribution in [0, 0.1) is 0 Å². The van der Waals surface area contributed by atoms with Gasteiger partial charge in [0.05, 0.1) is 6.61 Å². The van der Waals surface area contributed by atoms with E-state index in [0.29, 0.717) is 13.2 Å². The fourth-order valence-corrected chi connectivity index (χ4v) is 1.79. The van der Waals surface area contributed by atoms with E-state index in [9.17, 15) is 8.42 Å². The predicted octanol–water partition coefficient (Wildman–Crippen LogP) is -0.917. The Labute approximate surface area is 66.7 Å². The molecule has 0 aromatic rings. The highest BCUT2D eigenvalue weighted by Gasteiger charge is 2.27. The van der Waals surface area contributed by atoms with E-state index in [2.05, 4.69) is 0 Å². The second-order valence-corrected chi connectivity index (χ2v) is 4.65. The molecule has 1 fully saturated rings. The molecule has 1 aliphatic heterocycles.